The molecule has 3 aliphatic rings. The number of carbonyl (C=O) groups excluding carboxylic acids is 2. The lowest BCUT2D eigenvalue weighted by atomic mass is 9.88. The van der Waals surface area contributed by atoms with Crippen molar-refractivity contribution in [3.8, 4) is 0 Å². The van der Waals surface area contributed by atoms with Gasteiger partial charge in [-0.3, -0.25) is 9.59 Å². The van der Waals surface area contributed by atoms with Crippen LogP contribution in [0.3, 0.4) is 0 Å². The van der Waals surface area contributed by atoms with Gasteiger partial charge in [0.15, 0.2) is 0 Å². The highest BCUT2D eigenvalue weighted by Crippen LogP contribution is 2.29. The van der Waals surface area contributed by atoms with Gasteiger partial charge in [-0.2, -0.15) is 0 Å². The summed E-state index contributed by atoms with van der Waals surface area (Å²) in [5.74, 6) is 1.27. The number of benzene rings is 1. The topological polar surface area (TPSA) is 40.6 Å². The Hall–Kier alpha value is -1.84. The van der Waals surface area contributed by atoms with Gasteiger partial charge in [0.05, 0.1) is 5.92 Å². The molecule has 0 N–H and O–H groups in total. The number of nitrogens with zero attached hydrogens (tertiary/aromatic N) is 2. The summed E-state index contributed by atoms with van der Waals surface area (Å²) in [5.41, 5.74) is 1.40. The van der Waals surface area contributed by atoms with Crippen molar-refractivity contribution in [1.82, 2.24) is 9.80 Å². The van der Waals surface area contributed by atoms with E-state index in [0.29, 0.717) is 30.8 Å². The van der Waals surface area contributed by atoms with Gasteiger partial charge in [-0.15, -0.1) is 0 Å². The molecule has 0 bridgehead atoms. The second kappa shape index (κ2) is 9.77. The third kappa shape index (κ3) is 5.21. The molecule has 4 rings (SSSR count). The zero-order valence-corrected chi connectivity index (χ0v) is 17.7. The summed E-state index contributed by atoms with van der Waals surface area (Å²) >= 11 is 0. The van der Waals surface area contributed by atoms with E-state index in [1.54, 1.807) is 0 Å². The van der Waals surface area contributed by atoms with Gasteiger partial charge in [0.2, 0.25) is 11.8 Å². The Bertz CT molecular complexity index is 673. The summed E-state index contributed by atoms with van der Waals surface area (Å²) in [5, 5.41) is 0. The van der Waals surface area contributed by atoms with Crippen LogP contribution in [0.5, 0.6) is 0 Å². The zero-order chi connectivity index (χ0) is 20.1. The molecule has 4 nitrogen and oxygen atoms in total. The molecule has 1 aliphatic carbocycles. The molecule has 4 heteroatoms. The minimum absolute atomic E-state index is 0.0154. The maximum atomic E-state index is 13.2. The number of hydrogen-bond donors (Lipinski definition) is 0. The lowest BCUT2D eigenvalue weighted by Crippen LogP contribution is -2.51. The smallest absolute Gasteiger partial charge is 0.227 e. The second-order valence-electron chi connectivity index (χ2n) is 9.39. The predicted octanol–water partition coefficient (Wildman–Crippen LogP) is 4.43. The molecule has 3 fully saturated rings. The van der Waals surface area contributed by atoms with E-state index in [4.69, 9.17) is 0 Å². The molecule has 2 heterocycles. The number of piperidine rings is 2. The first-order valence-electron chi connectivity index (χ1n) is 11.8. The minimum atomic E-state index is 0.0154. The van der Waals surface area contributed by atoms with E-state index >= 15 is 0 Å². The predicted molar refractivity (Wildman–Crippen MR) is 115 cm³/mol. The van der Waals surface area contributed by atoms with E-state index < -0.39 is 0 Å². The molecule has 29 heavy (non-hydrogen) atoms. The lowest BCUT2D eigenvalue weighted by molar-refractivity contribution is -0.145. The number of amides is 2. The molecule has 1 saturated carbocycles. The number of carbonyl (C=O) groups is 2. The number of rotatable bonds is 4. The van der Waals surface area contributed by atoms with Crippen LogP contribution in [0.2, 0.25) is 0 Å². The van der Waals surface area contributed by atoms with Crippen LogP contribution in [0, 0.1) is 11.8 Å². The maximum absolute atomic E-state index is 13.2. The van der Waals surface area contributed by atoms with E-state index in [-0.39, 0.29) is 11.8 Å². The molecule has 2 amide bonds. The Kier molecular flexibility index (Phi) is 6.89. The van der Waals surface area contributed by atoms with Crippen molar-refractivity contribution < 1.29 is 9.59 Å². The van der Waals surface area contributed by atoms with Crippen LogP contribution < -0.4 is 0 Å². The average molecular weight is 397 g/mol. The molecular formula is C25H36N2O2. The van der Waals surface area contributed by atoms with E-state index in [2.05, 4.69) is 40.1 Å². The van der Waals surface area contributed by atoms with Gasteiger partial charge in [-0.1, -0.05) is 56.0 Å². The molecule has 2 aliphatic heterocycles. The van der Waals surface area contributed by atoms with E-state index in [1.807, 2.05) is 0 Å². The summed E-state index contributed by atoms with van der Waals surface area (Å²) in [4.78, 5) is 30.0. The molecule has 1 aromatic rings. The highest BCUT2D eigenvalue weighted by Gasteiger charge is 2.36. The fraction of sp³-hybridized carbons (Fsp3) is 0.680. The van der Waals surface area contributed by atoms with Crippen LogP contribution in [0.1, 0.15) is 69.8 Å². The molecular weight excluding hydrogens is 360 g/mol. The van der Waals surface area contributed by atoms with Crippen molar-refractivity contribution in [3.63, 3.8) is 0 Å². The summed E-state index contributed by atoms with van der Waals surface area (Å²) in [7, 11) is 0. The highest BCUT2D eigenvalue weighted by molar-refractivity contribution is 5.84. The first-order valence-corrected chi connectivity index (χ1v) is 11.8. The van der Waals surface area contributed by atoms with Gasteiger partial charge in [-0.25, -0.2) is 0 Å². The standard InChI is InChI=1S/C25H36N2O2/c28-24-13-12-22(19-27(24)23-10-6-1-2-7-11-23)25(29)26-16-14-21(15-17-26)18-20-8-4-3-5-9-20/h3-5,8-9,21-23H,1-2,6-7,10-19H2/t22-/m1/s1. The summed E-state index contributed by atoms with van der Waals surface area (Å²) < 4.78 is 0. The van der Waals surface area contributed by atoms with Crippen LogP contribution in [0.15, 0.2) is 30.3 Å². The van der Waals surface area contributed by atoms with E-state index in [0.717, 1.165) is 51.6 Å². The summed E-state index contributed by atoms with van der Waals surface area (Å²) in [6, 6.07) is 11.1. The first kappa shape index (κ1) is 20.4. The number of hydrogen-bond acceptors (Lipinski definition) is 2. The second-order valence-corrected chi connectivity index (χ2v) is 9.39. The van der Waals surface area contributed by atoms with Crippen molar-refractivity contribution in [2.45, 2.75) is 76.7 Å². The van der Waals surface area contributed by atoms with Crippen LogP contribution in [0.4, 0.5) is 0 Å². The van der Waals surface area contributed by atoms with Crippen molar-refractivity contribution in [1.29, 1.82) is 0 Å². The maximum Gasteiger partial charge on any atom is 0.227 e. The molecule has 158 valence electrons. The molecule has 1 atom stereocenters. The SMILES string of the molecule is O=C([C@@H]1CCC(=O)N(C2CCCCCC2)C1)N1CCC(Cc2ccccc2)CC1. The Morgan fingerprint density at radius 3 is 2.28 bits per heavy atom. The monoisotopic (exact) mass is 396 g/mol. The van der Waals surface area contributed by atoms with Gasteiger partial charge in [-0.05, 0) is 50.0 Å². The van der Waals surface area contributed by atoms with Crippen LogP contribution in [0.25, 0.3) is 0 Å². The van der Waals surface area contributed by atoms with Crippen molar-refractivity contribution >= 4 is 11.8 Å². The molecule has 0 spiro atoms. The summed E-state index contributed by atoms with van der Waals surface area (Å²) in [6.07, 6.45) is 11.9. The van der Waals surface area contributed by atoms with Gasteiger partial charge in [0.25, 0.3) is 0 Å². The van der Waals surface area contributed by atoms with E-state index in [9.17, 15) is 9.59 Å². The minimum Gasteiger partial charge on any atom is -0.342 e. The number of likely N-dealkylation sites (tertiary alicyclic amines) is 2. The summed E-state index contributed by atoms with van der Waals surface area (Å²) in [6.45, 7) is 2.42. The Labute approximate surface area is 175 Å². The third-order valence-corrected chi connectivity index (χ3v) is 7.35. The Balaban J connectivity index is 1.29. The van der Waals surface area contributed by atoms with Gasteiger partial charge < -0.3 is 9.80 Å². The van der Waals surface area contributed by atoms with Gasteiger partial charge in [0, 0.05) is 32.1 Å². The molecule has 0 unspecified atom stereocenters. The van der Waals surface area contributed by atoms with Crippen LogP contribution in [-0.2, 0) is 16.0 Å². The third-order valence-electron chi connectivity index (χ3n) is 7.35. The van der Waals surface area contributed by atoms with Crippen molar-refractivity contribution in [3.05, 3.63) is 35.9 Å². The average Bonchev–Trinajstić information content (AvgIpc) is 3.04. The van der Waals surface area contributed by atoms with Crippen LogP contribution >= 0.6 is 0 Å². The van der Waals surface area contributed by atoms with Crippen molar-refractivity contribution in [2.24, 2.45) is 11.8 Å². The Morgan fingerprint density at radius 1 is 0.897 bits per heavy atom. The fourth-order valence-corrected chi connectivity index (χ4v) is 5.56. The normalized spacial score (nSPS) is 25.1. The largest absolute Gasteiger partial charge is 0.342 e. The van der Waals surface area contributed by atoms with Crippen LogP contribution in [-0.4, -0.2) is 47.3 Å². The first-order chi connectivity index (χ1) is 14.2. The fourth-order valence-electron chi connectivity index (χ4n) is 5.56. The molecule has 2 saturated heterocycles. The Morgan fingerprint density at radius 2 is 1.59 bits per heavy atom. The molecule has 1 aromatic carbocycles. The molecule has 0 aromatic heterocycles. The lowest BCUT2D eigenvalue weighted by Gasteiger charge is -2.40. The van der Waals surface area contributed by atoms with Gasteiger partial charge in [0.1, 0.15) is 0 Å². The van der Waals surface area contributed by atoms with Crippen molar-refractivity contribution in [2.75, 3.05) is 19.6 Å². The van der Waals surface area contributed by atoms with E-state index in [1.165, 1.54) is 31.2 Å². The van der Waals surface area contributed by atoms with Gasteiger partial charge >= 0.3 is 0 Å². The zero-order valence-electron chi connectivity index (χ0n) is 17.7. The highest BCUT2D eigenvalue weighted by atomic mass is 16.2. The quantitative estimate of drug-likeness (QED) is 0.707. The molecule has 0 radical (unpaired) electrons.